The molecule has 1 atom stereocenters. The lowest BCUT2D eigenvalue weighted by molar-refractivity contribution is 0.379. The van der Waals surface area contributed by atoms with Gasteiger partial charge in [0.1, 0.15) is 11.5 Å². The van der Waals surface area contributed by atoms with Crippen LogP contribution in [0.25, 0.3) is 11.1 Å². The summed E-state index contributed by atoms with van der Waals surface area (Å²) in [4.78, 5) is 0. The number of methoxy groups -OCH3 is 2. The molecule has 0 heterocycles. The van der Waals surface area contributed by atoms with Gasteiger partial charge in [-0.2, -0.15) is 0 Å². The second-order valence-corrected chi connectivity index (χ2v) is 7.89. The van der Waals surface area contributed by atoms with E-state index >= 15 is 0 Å². The number of hydrogen-bond acceptors (Lipinski definition) is 2. The minimum atomic E-state index is 0.353. The Morgan fingerprint density at radius 3 is 2.46 bits per heavy atom. The van der Waals surface area contributed by atoms with Crippen molar-refractivity contribution in [2.45, 2.75) is 64.7 Å². The van der Waals surface area contributed by atoms with Crippen LogP contribution in [0, 0.1) is 0 Å². The van der Waals surface area contributed by atoms with Gasteiger partial charge in [0.15, 0.2) is 0 Å². The van der Waals surface area contributed by atoms with Crippen molar-refractivity contribution >= 4 is 0 Å². The van der Waals surface area contributed by atoms with E-state index in [-0.39, 0.29) is 0 Å². The highest BCUT2D eigenvalue weighted by molar-refractivity contribution is 5.78. The average molecular weight is 379 g/mol. The van der Waals surface area contributed by atoms with Crippen LogP contribution in [0.4, 0.5) is 0 Å². The van der Waals surface area contributed by atoms with Gasteiger partial charge < -0.3 is 9.47 Å². The van der Waals surface area contributed by atoms with Gasteiger partial charge in [-0.05, 0) is 56.2 Å². The number of benzene rings is 2. The molecule has 28 heavy (non-hydrogen) atoms. The first-order valence-electron chi connectivity index (χ1n) is 10.7. The van der Waals surface area contributed by atoms with Gasteiger partial charge in [-0.1, -0.05) is 61.7 Å². The van der Waals surface area contributed by atoms with E-state index in [1.807, 2.05) is 0 Å². The fourth-order valence-electron chi connectivity index (χ4n) is 4.46. The molecule has 0 amide bonds. The van der Waals surface area contributed by atoms with E-state index in [1.54, 1.807) is 14.2 Å². The highest BCUT2D eigenvalue weighted by Crippen LogP contribution is 2.48. The fraction of sp³-hybridized carbons (Fsp3) is 0.462. The van der Waals surface area contributed by atoms with Crippen LogP contribution in [0.3, 0.4) is 0 Å². The van der Waals surface area contributed by atoms with Crippen molar-refractivity contribution in [2.24, 2.45) is 0 Å². The molecule has 0 bridgehead atoms. The van der Waals surface area contributed by atoms with Crippen molar-refractivity contribution in [1.29, 1.82) is 0 Å². The van der Waals surface area contributed by atoms with Crippen molar-refractivity contribution in [2.75, 3.05) is 14.2 Å². The Kier molecular flexibility index (Phi) is 7.19. The number of aryl methyl sites for hydroxylation is 1. The number of allylic oxidation sites excluding steroid dienone is 2. The Labute approximate surface area is 170 Å². The van der Waals surface area contributed by atoms with Gasteiger partial charge in [0, 0.05) is 17.0 Å². The van der Waals surface area contributed by atoms with Crippen LogP contribution in [-0.4, -0.2) is 14.2 Å². The van der Waals surface area contributed by atoms with E-state index in [0.29, 0.717) is 5.92 Å². The van der Waals surface area contributed by atoms with Crippen LogP contribution in [-0.2, 0) is 6.42 Å². The molecule has 0 spiro atoms. The molecule has 0 saturated carbocycles. The van der Waals surface area contributed by atoms with Crippen molar-refractivity contribution in [3.05, 3.63) is 59.2 Å². The SMILES string of the molecule is CCCCCc1cc(OC)c(C2C=C(C)CCC2)c(OC)c1-c1ccccc1. The quantitative estimate of drug-likeness (QED) is 0.354. The van der Waals surface area contributed by atoms with Gasteiger partial charge in [0.25, 0.3) is 0 Å². The number of hydrogen-bond donors (Lipinski definition) is 0. The molecule has 0 aliphatic heterocycles. The molecule has 2 aromatic rings. The second-order valence-electron chi connectivity index (χ2n) is 7.89. The maximum absolute atomic E-state index is 6.10. The van der Waals surface area contributed by atoms with Crippen LogP contribution in [0.1, 0.15) is 69.4 Å². The maximum atomic E-state index is 6.10. The summed E-state index contributed by atoms with van der Waals surface area (Å²) in [6.45, 7) is 4.49. The van der Waals surface area contributed by atoms with Gasteiger partial charge >= 0.3 is 0 Å². The summed E-state index contributed by atoms with van der Waals surface area (Å²) in [5.41, 5.74) is 6.47. The zero-order valence-electron chi connectivity index (χ0n) is 17.9. The van der Waals surface area contributed by atoms with Crippen LogP contribution in [0.2, 0.25) is 0 Å². The van der Waals surface area contributed by atoms with Gasteiger partial charge in [-0.25, -0.2) is 0 Å². The molecule has 0 fully saturated rings. The highest BCUT2D eigenvalue weighted by Gasteiger charge is 2.26. The topological polar surface area (TPSA) is 18.5 Å². The normalized spacial score (nSPS) is 16.6. The van der Waals surface area contributed by atoms with Crippen molar-refractivity contribution in [1.82, 2.24) is 0 Å². The molecular formula is C26H34O2. The Morgan fingerprint density at radius 1 is 1.04 bits per heavy atom. The summed E-state index contributed by atoms with van der Waals surface area (Å²) in [6.07, 6.45) is 10.7. The third-order valence-electron chi connectivity index (χ3n) is 5.84. The summed E-state index contributed by atoms with van der Waals surface area (Å²) in [7, 11) is 3.59. The number of ether oxygens (including phenoxy) is 2. The number of rotatable bonds is 8. The molecule has 3 rings (SSSR count). The summed E-state index contributed by atoms with van der Waals surface area (Å²) in [5.74, 6) is 2.32. The van der Waals surface area contributed by atoms with E-state index in [0.717, 1.165) is 24.3 Å². The summed E-state index contributed by atoms with van der Waals surface area (Å²) < 4.78 is 12.0. The smallest absolute Gasteiger partial charge is 0.134 e. The van der Waals surface area contributed by atoms with Crippen molar-refractivity contribution < 1.29 is 9.47 Å². The van der Waals surface area contributed by atoms with Crippen molar-refractivity contribution in [3.8, 4) is 22.6 Å². The molecule has 0 saturated heterocycles. The Hall–Kier alpha value is -2.22. The Balaban J connectivity index is 2.21. The summed E-state index contributed by atoms with van der Waals surface area (Å²) in [6, 6.07) is 13.0. The molecular weight excluding hydrogens is 344 g/mol. The third kappa shape index (κ3) is 4.43. The van der Waals surface area contributed by atoms with Crippen molar-refractivity contribution in [3.63, 3.8) is 0 Å². The van der Waals surface area contributed by atoms with Gasteiger partial charge in [0.2, 0.25) is 0 Å². The van der Waals surface area contributed by atoms with E-state index in [1.165, 1.54) is 59.9 Å². The van der Waals surface area contributed by atoms with Gasteiger partial charge in [-0.3, -0.25) is 0 Å². The fourth-order valence-corrected chi connectivity index (χ4v) is 4.46. The van der Waals surface area contributed by atoms with Gasteiger partial charge in [0.05, 0.1) is 14.2 Å². The Bertz CT molecular complexity index is 805. The largest absolute Gasteiger partial charge is 0.496 e. The lowest BCUT2D eigenvalue weighted by Gasteiger charge is -2.27. The van der Waals surface area contributed by atoms with Crippen LogP contribution in [0.15, 0.2) is 48.0 Å². The molecule has 2 nitrogen and oxygen atoms in total. The zero-order valence-corrected chi connectivity index (χ0v) is 17.9. The summed E-state index contributed by atoms with van der Waals surface area (Å²) in [5, 5.41) is 0. The van der Waals surface area contributed by atoms with E-state index in [9.17, 15) is 0 Å². The molecule has 0 radical (unpaired) electrons. The third-order valence-corrected chi connectivity index (χ3v) is 5.84. The summed E-state index contributed by atoms with van der Waals surface area (Å²) >= 11 is 0. The molecule has 2 aromatic carbocycles. The van der Waals surface area contributed by atoms with Crippen LogP contribution < -0.4 is 9.47 Å². The minimum Gasteiger partial charge on any atom is -0.496 e. The molecule has 1 aliphatic carbocycles. The highest BCUT2D eigenvalue weighted by atomic mass is 16.5. The number of unbranched alkanes of at least 4 members (excludes halogenated alkanes) is 2. The maximum Gasteiger partial charge on any atom is 0.134 e. The lowest BCUT2D eigenvalue weighted by Crippen LogP contribution is -2.09. The molecule has 0 N–H and O–H groups in total. The first kappa shape index (κ1) is 20.5. The van der Waals surface area contributed by atoms with Crippen LogP contribution >= 0.6 is 0 Å². The molecule has 150 valence electrons. The standard InChI is InChI=1S/C26H34O2/c1-5-6-8-15-22-18-23(27-3)25(21-16-11-12-19(2)17-21)26(28-4)24(22)20-13-9-7-10-14-20/h7,9-10,13-14,17-18,21H,5-6,8,11-12,15-16H2,1-4H3. The van der Waals surface area contributed by atoms with Gasteiger partial charge in [-0.15, -0.1) is 0 Å². The van der Waals surface area contributed by atoms with E-state index in [4.69, 9.17) is 9.47 Å². The average Bonchev–Trinajstić information content (AvgIpc) is 2.73. The molecule has 0 aromatic heterocycles. The molecule has 2 heteroatoms. The monoisotopic (exact) mass is 378 g/mol. The second kappa shape index (κ2) is 9.82. The van der Waals surface area contributed by atoms with E-state index in [2.05, 4.69) is 56.3 Å². The first-order valence-corrected chi connectivity index (χ1v) is 10.7. The van der Waals surface area contributed by atoms with E-state index < -0.39 is 0 Å². The predicted octanol–water partition coefficient (Wildman–Crippen LogP) is 7.32. The molecule has 1 unspecified atom stereocenters. The Morgan fingerprint density at radius 2 is 1.82 bits per heavy atom. The first-order chi connectivity index (χ1) is 13.7. The molecule has 1 aliphatic rings. The zero-order chi connectivity index (χ0) is 19.9. The van der Waals surface area contributed by atoms with Crippen LogP contribution in [0.5, 0.6) is 11.5 Å². The lowest BCUT2D eigenvalue weighted by atomic mass is 9.82. The predicted molar refractivity (Wildman–Crippen MR) is 119 cm³/mol. The minimum absolute atomic E-state index is 0.353.